The fourth-order valence-electron chi connectivity index (χ4n) is 2.65. The highest BCUT2D eigenvalue weighted by molar-refractivity contribution is 9.10. The SMILES string of the molecule is O=S(=O)(c1ccc(Cl)cc1Br)N1CCN(c2ccccc2)CC1. The molecule has 0 spiro atoms. The Morgan fingerprint density at radius 2 is 1.61 bits per heavy atom. The predicted octanol–water partition coefficient (Wildman–Crippen LogP) is 3.61. The zero-order valence-corrected chi connectivity index (χ0v) is 15.5. The van der Waals surface area contributed by atoms with Gasteiger partial charge in [-0.05, 0) is 46.3 Å². The Morgan fingerprint density at radius 1 is 0.957 bits per heavy atom. The lowest BCUT2D eigenvalue weighted by molar-refractivity contribution is 0.384. The number of hydrogen-bond acceptors (Lipinski definition) is 3. The van der Waals surface area contributed by atoms with Crippen molar-refractivity contribution >= 4 is 43.2 Å². The second-order valence-corrected chi connectivity index (χ2v) is 8.50. The Hall–Kier alpha value is -1.08. The van der Waals surface area contributed by atoms with E-state index >= 15 is 0 Å². The summed E-state index contributed by atoms with van der Waals surface area (Å²) < 4.78 is 27.6. The lowest BCUT2D eigenvalue weighted by Crippen LogP contribution is -2.48. The molecule has 0 aromatic heterocycles. The summed E-state index contributed by atoms with van der Waals surface area (Å²) in [5.74, 6) is 0. The van der Waals surface area contributed by atoms with Crippen LogP contribution < -0.4 is 4.90 Å². The number of para-hydroxylation sites is 1. The lowest BCUT2D eigenvalue weighted by atomic mass is 10.2. The van der Waals surface area contributed by atoms with Gasteiger partial charge in [0.25, 0.3) is 0 Å². The van der Waals surface area contributed by atoms with Crippen LogP contribution in [0.2, 0.25) is 5.02 Å². The third kappa shape index (κ3) is 3.55. The van der Waals surface area contributed by atoms with Gasteiger partial charge < -0.3 is 4.90 Å². The molecule has 0 N–H and O–H groups in total. The fourth-order valence-corrected chi connectivity index (χ4v) is 5.41. The topological polar surface area (TPSA) is 40.6 Å². The van der Waals surface area contributed by atoms with Crippen LogP contribution in [0.3, 0.4) is 0 Å². The number of halogens is 2. The Labute approximate surface area is 149 Å². The van der Waals surface area contributed by atoms with Crippen molar-refractivity contribution in [2.24, 2.45) is 0 Å². The van der Waals surface area contributed by atoms with Crippen LogP contribution in [0.5, 0.6) is 0 Å². The fraction of sp³-hybridized carbons (Fsp3) is 0.250. The second-order valence-electron chi connectivity index (χ2n) is 5.30. The highest BCUT2D eigenvalue weighted by Crippen LogP contribution is 2.29. The van der Waals surface area contributed by atoms with Gasteiger partial charge in [-0.25, -0.2) is 8.42 Å². The summed E-state index contributed by atoms with van der Waals surface area (Å²) in [6.45, 7) is 2.28. The van der Waals surface area contributed by atoms with Gasteiger partial charge in [0.05, 0.1) is 4.90 Å². The lowest BCUT2D eigenvalue weighted by Gasteiger charge is -2.35. The van der Waals surface area contributed by atoms with E-state index in [1.165, 1.54) is 4.31 Å². The maximum absolute atomic E-state index is 12.8. The molecule has 2 aromatic rings. The minimum Gasteiger partial charge on any atom is -0.369 e. The van der Waals surface area contributed by atoms with E-state index in [0.717, 1.165) is 5.69 Å². The smallest absolute Gasteiger partial charge is 0.244 e. The largest absolute Gasteiger partial charge is 0.369 e. The minimum atomic E-state index is -3.51. The molecule has 3 rings (SSSR count). The van der Waals surface area contributed by atoms with Crippen molar-refractivity contribution in [3.8, 4) is 0 Å². The third-order valence-electron chi connectivity index (χ3n) is 3.87. The molecule has 7 heteroatoms. The number of anilines is 1. The van der Waals surface area contributed by atoms with Gasteiger partial charge in [0.2, 0.25) is 10.0 Å². The van der Waals surface area contributed by atoms with Gasteiger partial charge in [0.15, 0.2) is 0 Å². The van der Waals surface area contributed by atoms with Gasteiger partial charge in [-0.1, -0.05) is 29.8 Å². The molecule has 1 aliphatic heterocycles. The van der Waals surface area contributed by atoms with E-state index in [1.807, 2.05) is 30.3 Å². The van der Waals surface area contributed by atoms with Crippen LogP contribution in [-0.2, 0) is 10.0 Å². The zero-order chi connectivity index (χ0) is 16.4. The van der Waals surface area contributed by atoms with Crippen LogP contribution in [0.1, 0.15) is 0 Å². The van der Waals surface area contributed by atoms with Crippen molar-refractivity contribution in [3.63, 3.8) is 0 Å². The van der Waals surface area contributed by atoms with E-state index in [1.54, 1.807) is 18.2 Å². The number of nitrogens with zero attached hydrogens (tertiary/aromatic N) is 2. The standard InChI is InChI=1S/C16H16BrClN2O2S/c17-15-12-13(18)6-7-16(15)23(21,22)20-10-8-19(9-11-20)14-4-2-1-3-5-14/h1-7,12H,8-11H2. The van der Waals surface area contributed by atoms with Crippen LogP contribution in [0.15, 0.2) is 57.9 Å². The van der Waals surface area contributed by atoms with Crippen molar-refractivity contribution in [1.29, 1.82) is 0 Å². The molecule has 1 fully saturated rings. The maximum atomic E-state index is 12.8. The van der Waals surface area contributed by atoms with Crippen LogP contribution in [0.25, 0.3) is 0 Å². The van der Waals surface area contributed by atoms with Crippen molar-refractivity contribution in [2.75, 3.05) is 31.1 Å². The first kappa shape index (κ1) is 16.8. The van der Waals surface area contributed by atoms with Crippen LogP contribution in [-0.4, -0.2) is 38.9 Å². The monoisotopic (exact) mass is 414 g/mol. The molecule has 122 valence electrons. The van der Waals surface area contributed by atoms with Crippen molar-refractivity contribution in [3.05, 3.63) is 58.0 Å². The van der Waals surface area contributed by atoms with E-state index in [-0.39, 0.29) is 4.90 Å². The summed E-state index contributed by atoms with van der Waals surface area (Å²) in [7, 11) is -3.51. The Morgan fingerprint density at radius 3 is 2.22 bits per heavy atom. The molecule has 0 saturated carbocycles. The second kappa shape index (κ2) is 6.81. The van der Waals surface area contributed by atoms with Crippen LogP contribution >= 0.6 is 27.5 Å². The summed E-state index contributed by atoms with van der Waals surface area (Å²) in [5, 5.41) is 0.504. The van der Waals surface area contributed by atoms with E-state index in [2.05, 4.69) is 20.8 Å². The molecule has 1 heterocycles. The normalized spacial score (nSPS) is 16.5. The molecule has 0 amide bonds. The highest BCUT2D eigenvalue weighted by Gasteiger charge is 2.30. The van der Waals surface area contributed by atoms with E-state index in [0.29, 0.717) is 35.7 Å². The predicted molar refractivity (Wildman–Crippen MR) is 96.6 cm³/mol. The minimum absolute atomic E-state index is 0.259. The van der Waals surface area contributed by atoms with Gasteiger partial charge in [0.1, 0.15) is 0 Å². The molecule has 2 aromatic carbocycles. The molecule has 0 bridgehead atoms. The summed E-state index contributed by atoms with van der Waals surface area (Å²) in [6, 6.07) is 14.8. The maximum Gasteiger partial charge on any atom is 0.244 e. The molecular weight excluding hydrogens is 400 g/mol. The van der Waals surface area contributed by atoms with Crippen molar-refractivity contribution in [2.45, 2.75) is 4.90 Å². The average Bonchev–Trinajstić information content (AvgIpc) is 2.55. The van der Waals surface area contributed by atoms with E-state index in [9.17, 15) is 8.42 Å². The van der Waals surface area contributed by atoms with Crippen LogP contribution in [0, 0.1) is 0 Å². The number of sulfonamides is 1. The van der Waals surface area contributed by atoms with E-state index < -0.39 is 10.0 Å². The molecule has 23 heavy (non-hydrogen) atoms. The van der Waals surface area contributed by atoms with Gasteiger partial charge in [-0.3, -0.25) is 0 Å². The van der Waals surface area contributed by atoms with Crippen molar-refractivity contribution in [1.82, 2.24) is 4.31 Å². The first-order chi connectivity index (χ1) is 11.0. The van der Waals surface area contributed by atoms with E-state index in [4.69, 9.17) is 11.6 Å². The molecule has 1 aliphatic rings. The molecule has 0 radical (unpaired) electrons. The van der Waals surface area contributed by atoms with Gasteiger partial charge in [-0.15, -0.1) is 0 Å². The molecule has 0 unspecified atom stereocenters. The highest BCUT2D eigenvalue weighted by atomic mass is 79.9. The third-order valence-corrected chi connectivity index (χ3v) is 6.98. The number of benzene rings is 2. The first-order valence-electron chi connectivity index (χ1n) is 7.24. The average molecular weight is 416 g/mol. The molecule has 1 saturated heterocycles. The summed E-state index contributed by atoms with van der Waals surface area (Å²) >= 11 is 9.19. The van der Waals surface area contributed by atoms with Crippen molar-refractivity contribution < 1.29 is 8.42 Å². The molecule has 4 nitrogen and oxygen atoms in total. The molecular formula is C16H16BrClN2O2S. The molecule has 0 atom stereocenters. The quantitative estimate of drug-likeness (QED) is 0.769. The van der Waals surface area contributed by atoms with Crippen LogP contribution in [0.4, 0.5) is 5.69 Å². The number of piperazine rings is 1. The van der Waals surface area contributed by atoms with Gasteiger partial charge in [0, 0.05) is 41.4 Å². The first-order valence-corrected chi connectivity index (χ1v) is 9.85. The molecule has 0 aliphatic carbocycles. The Kier molecular flexibility index (Phi) is 4.96. The summed E-state index contributed by atoms with van der Waals surface area (Å²) in [4.78, 5) is 2.46. The zero-order valence-electron chi connectivity index (χ0n) is 12.3. The van der Waals surface area contributed by atoms with Gasteiger partial charge in [-0.2, -0.15) is 4.31 Å². The number of rotatable bonds is 3. The van der Waals surface area contributed by atoms with Gasteiger partial charge >= 0.3 is 0 Å². The Bertz CT molecular complexity index is 791. The summed E-state index contributed by atoms with van der Waals surface area (Å²) in [6.07, 6.45) is 0. The number of hydrogen-bond donors (Lipinski definition) is 0. The summed E-state index contributed by atoms with van der Waals surface area (Å²) in [5.41, 5.74) is 1.12. The Balaban J connectivity index is 1.76.